The van der Waals surface area contributed by atoms with Gasteiger partial charge in [-0.15, -0.1) is 0 Å². The highest BCUT2D eigenvalue weighted by Gasteiger charge is 2.28. The summed E-state index contributed by atoms with van der Waals surface area (Å²) < 4.78 is 40.7. The fourth-order valence-electron chi connectivity index (χ4n) is 4.63. The molecule has 5 rings (SSSR count). The molecule has 3 heterocycles. The topological polar surface area (TPSA) is 103 Å². The van der Waals surface area contributed by atoms with E-state index in [9.17, 15) is 13.2 Å². The maximum absolute atomic E-state index is 13.0. The molecular weight excluding hydrogens is 468 g/mol. The molecule has 0 unspecified atom stereocenters. The van der Waals surface area contributed by atoms with Gasteiger partial charge in [-0.2, -0.15) is 4.31 Å². The molecule has 2 aromatic carbocycles. The number of aryl methyl sites for hydroxylation is 2. The lowest BCUT2D eigenvalue weighted by Crippen LogP contribution is -2.27. The molecular formula is C25H30N4O5S. The van der Waals surface area contributed by atoms with Crippen molar-refractivity contribution in [1.82, 2.24) is 13.9 Å². The molecule has 2 aliphatic heterocycles. The fourth-order valence-corrected chi connectivity index (χ4v) is 6.17. The van der Waals surface area contributed by atoms with E-state index in [0.29, 0.717) is 55.4 Å². The van der Waals surface area contributed by atoms with Gasteiger partial charge in [-0.05, 0) is 49.6 Å². The highest BCUT2D eigenvalue weighted by atomic mass is 32.2. The Morgan fingerprint density at radius 3 is 2.60 bits per heavy atom. The van der Waals surface area contributed by atoms with Crippen molar-refractivity contribution >= 4 is 32.7 Å². The summed E-state index contributed by atoms with van der Waals surface area (Å²) in [6, 6.07) is 10.5. The Balaban J connectivity index is 1.32. The number of sulfonamides is 1. The first-order chi connectivity index (χ1) is 17.0. The molecule has 0 atom stereocenters. The van der Waals surface area contributed by atoms with Gasteiger partial charge in [0.25, 0.3) is 0 Å². The Kier molecular flexibility index (Phi) is 6.66. The van der Waals surface area contributed by atoms with E-state index in [1.807, 2.05) is 6.07 Å². The zero-order chi connectivity index (χ0) is 24.4. The molecule has 0 bridgehead atoms. The number of amides is 1. The number of benzene rings is 2. The molecule has 2 aliphatic rings. The molecule has 9 nitrogen and oxygen atoms in total. The molecule has 1 fully saturated rings. The summed E-state index contributed by atoms with van der Waals surface area (Å²) >= 11 is 0. The number of carbonyl (C=O) groups is 1. The number of aromatic nitrogens is 2. The van der Waals surface area contributed by atoms with E-state index < -0.39 is 10.0 Å². The molecule has 1 aromatic heterocycles. The second-order valence-corrected chi connectivity index (χ2v) is 10.8. The number of nitrogens with zero attached hydrogens (tertiary/aromatic N) is 3. The monoisotopic (exact) mass is 498 g/mol. The average Bonchev–Trinajstić information content (AvgIpc) is 3.52. The van der Waals surface area contributed by atoms with E-state index in [4.69, 9.17) is 14.5 Å². The lowest BCUT2D eigenvalue weighted by molar-refractivity contribution is -0.116. The van der Waals surface area contributed by atoms with Gasteiger partial charge in [0.1, 0.15) is 19.0 Å². The van der Waals surface area contributed by atoms with Crippen LogP contribution in [0.3, 0.4) is 0 Å². The van der Waals surface area contributed by atoms with Gasteiger partial charge in [0.2, 0.25) is 15.9 Å². The van der Waals surface area contributed by atoms with Crippen LogP contribution in [0.5, 0.6) is 11.5 Å². The Morgan fingerprint density at radius 1 is 1.06 bits per heavy atom. The minimum absolute atomic E-state index is 0.130. The van der Waals surface area contributed by atoms with Crippen molar-refractivity contribution in [3.8, 4) is 11.5 Å². The van der Waals surface area contributed by atoms with Crippen molar-refractivity contribution in [2.75, 3.05) is 31.6 Å². The average molecular weight is 499 g/mol. The Hall–Kier alpha value is -3.11. The van der Waals surface area contributed by atoms with Crippen LogP contribution in [0.2, 0.25) is 0 Å². The number of rotatable bonds is 8. The van der Waals surface area contributed by atoms with Gasteiger partial charge in [0.15, 0.2) is 11.5 Å². The van der Waals surface area contributed by atoms with E-state index in [1.165, 1.54) is 0 Å². The van der Waals surface area contributed by atoms with E-state index in [-0.39, 0.29) is 17.2 Å². The number of ether oxygens (including phenoxy) is 2. The third-order valence-electron chi connectivity index (χ3n) is 6.35. The van der Waals surface area contributed by atoms with Crippen molar-refractivity contribution in [3.05, 3.63) is 42.2 Å². The number of anilines is 1. The molecule has 1 amide bonds. The van der Waals surface area contributed by atoms with Gasteiger partial charge in [-0.1, -0.05) is 6.92 Å². The largest absolute Gasteiger partial charge is 0.486 e. The van der Waals surface area contributed by atoms with Gasteiger partial charge in [-0.3, -0.25) is 4.79 Å². The number of hydrogen-bond acceptors (Lipinski definition) is 6. The molecule has 35 heavy (non-hydrogen) atoms. The molecule has 186 valence electrons. The van der Waals surface area contributed by atoms with Crippen LogP contribution in [0, 0.1) is 0 Å². The normalized spacial score (nSPS) is 16.0. The number of hydrogen-bond donors (Lipinski definition) is 1. The molecule has 0 radical (unpaired) electrons. The van der Waals surface area contributed by atoms with Crippen LogP contribution in [-0.4, -0.2) is 54.5 Å². The third-order valence-corrected chi connectivity index (χ3v) is 8.25. The summed E-state index contributed by atoms with van der Waals surface area (Å²) in [7, 11) is -3.51. The molecule has 1 saturated heterocycles. The van der Waals surface area contributed by atoms with Crippen LogP contribution in [0.4, 0.5) is 5.69 Å². The highest BCUT2D eigenvalue weighted by Crippen LogP contribution is 2.32. The van der Waals surface area contributed by atoms with Gasteiger partial charge in [0.05, 0.1) is 15.9 Å². The number of imidazole rings is 1. The maximum Gasteiger partial charge on any atom is 0.243 e. The van der Waals surface area contributed by atoms with Crippen molar-refractivity contribution in [2.24, 2.45) is 0 Å². The molecule has 3 aromatic rings. The molecule has 0 aliphatic carbocycles. The molecule has 0 spiro atoms. The van der Waals surface area contributed by atoms with Crippen LogP contribution in [0.1, 0.15) is 38.4 Å². The van der Waals surface area contributed by atoms with Gasteiger partial charge in [-0.25, -0.2) is 13.4 Å². The van der Waals surface area contributed by atoms with E-state index >= 15 is 0 Å². The van der Waals surface area contributed by atoms with Crippen LogP contribution in [0.25, 0.3) is 11.0 Å². The summed E-state index contributed by atoms with van der Waals surface area (Å²) in [5.41, 5.74) is 2.17. The Bertz CT molecular complexity index is 1350. The van der Waals surface area contributed by atoms with Crippen LogP contribution in [-0.2, 0) is 27.8 Å². The zero-order valence-corrected chi connectivity index (χ0v) is 20.6. The van der Waals surface area contributed by atoms with Gasteiger partial charge < -0.3 is 19.4 Å². The summed E-state index contributed by atoms with van der Waals surface area (Å²) in [6.45, 7) is 4.95. The van der Waals surface area contributed by atoms with Crippen LogP contribution >= 0.6 is 0 Å². The van der Waals surface area contributed by atoms with Crippen molar-refractivity contribution in [3.63, 3.8) is 0 Å². The number of nitrogens with one attached hydrogen (secondary N) is 1. The quantitative estimate of drug-likeness (QED) is 0.509. The van der Waals surface area contributed by atoms with E-state index in [1.54, 1.807) is 34.6 Å². The summed E-state index contributed by atoms with van der Waals surface area (Å²) in [4.78, 5) is 17.7. The second kappa shape index (κ2) is 9.87. The molecule has 1 N–H and O–H groups in total. The Morgan fingerprint density at radius 2 is 1.83 bits per heavy atom. The fraction of sp³-hybridized carbons (Fsp3) is 0.440. The summed E-state index contributed by atoms with van der Waals surface area (Å²) in [5, 5.41) is 2.91. The number of fused-ring (bicyclic) bond motifs is 2. The predicted molar refractivity (Wildman–Crippen MR) is 132 cm³/mol. The number of carbonyl (C=O) groups excluding carboxylic acids is 1. The lowest BCUT2D eigenvalue weighted by Gasteiger charge is -2.19. The lowest BCUT2D eigenvalue weighted by atomic mass is 10.2. The van der Waals surface area contributed by atoms with Gasteiger partial charge >= 0.3 is 0 Å². The maximum atomic E-state index is 13.0. The first-order valence-corrected chi connectivity index (χ1v) is 13.6. The van der Waals surface area contributed by atoms with Crippen molar-refractivity contribution in [1.29, 1.82) is 0 Å². The smallest absolute Gasteiger partial charge is 0.243 e. The standard InChI is InChI=1S/C25H30N4O5S/c1-2-11-29-21-7-6-19(35(31,32)28-12-3-4-13-28)17-20(21)27-24(29)9-10-25(30)26-18-5-8-22-23(16-18)34-15-14-33-22/h5-8,16-17H,2-4,9-15H2,1H3,(H,26,30). The zero-order valence-electron chi connectivity index (χ0n) is 19.8. The van der Waals surface area contributed by atoms with Crippen LogP contribution in [0.15, 0.2) is 41.3 Å². The predicted octanol–water partition coefficient (Wildman–Crippen LogP) is 3.57. The first-order valence-electron chi connectivity index (χ1n) is 12.1. The minimum Gasteiger partial charge on any atom is -0.486 e. The van der Waals surface area contributed by atoms with Crippen molar-refractivity contribution in [2.45, 2.75) is 50.5 Å². The molecule has 0 saturated carbocycles. The second-order valence-electron chi connectivity index (χ2n) is 8.85. The van der Waals surface area contributed by atoms with Gasteiger partial charge in [0, 0.05) is 44.2 Å². The molecule has 10 heteroatoms. The van der Waals surface area contributed by atoms with Crippen molar-refractivity contribution < 1.29 is 22.7 Å². The highest BCUT2D eigenvalue weighted by molar-refractivity contribution is 7.89. The van der Waals surface area contributed by atoms with E-state index in [2.05, 4.69) is 16.8 Å². The summed E-state index contributed by atoms with van der Waals surface area (Å²) in [5.74, 6) is 1.94. The Labute approximate surface area is 205 Å². The SMILES string of the molecule is CCCn1c(CCC(=O)Nc2ccc3c(c2)OCCO3)nc2cc(S(=O)(=O)N3CCCC3)ccc21. The first kappa shape index (κ1) is 23.6. The summed E-state index contributed by atoms with van der Waals surface area (Å²) in [6.07, 6.45) is 3.38. The minimum atomic E-state index is -3.51. The van der Waals surface area contributed by atoms with E-state index in [0.717, 1.165) is 37.1 Å². The third kappa shape index (κ3) is 4.85. The van der Waals surface area contributed by atoms with Crippen LogP contribution < -0.4 is 14.8 Å².